The molecule has 0 bridgehead atoms. The number of aryl methyl sites for hydroxylation is 1. The highest BCUT2D eigenvalue weighted by Gasteiger charge is 2.20. The Balaban J connectivity index is 2.50. The molecule has 0 aliphatic carbocycles. The average Bonchev–Trinajstić information content (AvgIpc) is 2.46. The van der Waals surface area contributed by atoms with Gasteiger partial charge in [0, 0.05) is 18.4 Å². The molecule has 1 aromatic heterocycles. The molecule has 0 aromatic carbocycles. The Morgan fingerprint density at radius 3 is 2.61 bits per heavy atom. The molecule has 1 aromatic rings. The molecule has 0 saturated carbocycles. The Labute approximate surface area is 148 Å². The van der Waals surface area contributed by atoms with Gasteiger partial charge in [0.2, 0.25) is 0 Å². The molecule has 6 heteroatoms. The number of aromatic nitrogens is 1. The Morgan fingerprint density at radius 1 is 1.30 bits per heavy atom. The van der Waals surface area contributed by atoms with Crippen molar-refractivity contribution in [1.82, 2.24) is 9.88 Å². The molecule has 0 spiro atoms. The molecule has 1 N–H and O–H groups in total. The number of hydrogen-bond acceptors (Lipinski definition) is 6. The molecule has 1 heterocycles. The SMILES string of the molecule is COCc1cc(CCCN(C)CC(C)(C)SSC)cc(CO)n1. The lowest BCUT2D eigenvalue weighted by Crippen LogP contribution is -2.34. The molecule has 0 saturated heterocycles. The summed E-state index contributed by atoms with van der Waals surface area (Å²) in [7, 11) is 7.61. The number of rotatable bonds is 11. The molecule has 0 aliphatic rings. The van der Waals surface area contributed by atoms with Crippen LogP contribution in [-0.4, -0.2) is 53.2 Å². The van der Waals surface area contributed by atoms with E-state index in [1.54, 1.807) is 7.11 Å². The molecule has 0 fully saturated rings. The first-order valence-corrected chi connectivity index (χ1v) is 10.4. The van der Waals surface area contributed by atoms with Crippen molar-refractivity contribution >= 4 is 21.6 Å². The molecular weight excluding hydrogens is 328 g/mol. The predicted octanol–water partition coefficient (Wildman–Crippen LogP) is 3.37. The average molecular weight is 359 g/mol. The van der Waals surface area contributed by atoms with Gasteiger partial charge in [0.05, 0.1) is 24.6 Å². The molecule has 0 aliphatic heterocycles. The van der Waals surface area contributed by atoms with Crippen LogP contribution in [0.4, 0.5) is 0 Å². The number of aliphatic hydroxyl groups is 1. The van der Waals surface area contributed by atoms with E-state index < -0.39 is 0 Å². The highest BCUT2D eigenvalue weighted by atomic mass is 33.1. The van der Waals surface area contributed by atoms with Gasteiger partial charge in [0.15, 0.2) is 0 Å². The molecule has 1 rings (SSSR count). The van der Waals surface area contributed by atoms with Crippen LogP contribution < -0.4 is 0 Å². The maximum Gasteiger partial charge on any atom is 0.0884 e. The molecule has 4 nitrogen and oxygen atoms in total. The number of aliphatic hydroxyl groups excluding tert-OH is 1. The van der Waals surface area contributed by atoms with Gasteiger partial charge in [-0.05, 0) is 64.2 Å². The molecule has 23 heavy (non-hydrogen) atoms. The Kier molecular flexibility index (Phi) is 9.54. The largest absolute Gasteiger partial charge is 0.390 e. The van der Waals surface area contributed by atoms with E-state index in [1.165, 1.54) is 5.56 Å². The van der Waals surface area contributed by atoms with Crippen molar-refractivity contribution < 1.29 is 9.84 Å². The fourth-order valence-electron chi connectivity index (χ4n) is 2.70. The topological polar surface area (TPSA) is 45.6 Å². The van der Waals surface area contributed by atoms with E-state index in [4.69, 9.17) is 4.74 Å². The molecule has 132 valence electrons. The van der Waals surface area contributed by atoms with E-state index in [0.717, 1.165) is 37.3 Å². The van der Waals surface area contributed by atoms with Crippen molar-refractivity contribution in [2.75, 3.05) is 33.5 Å². The van der Waals surface area contributed by atoms with Crippen LogP contribution in [-0.2, 0) is 24.4 Å². The van der Waals surface area contributed by atoms with Gasteiger partial charge in [-0.3, -0.25) is 4.98 Å². The molecular formula is C17H30N2O2S2. The van der Waals surface area contributed by atoms with Crippen LogP contribution in [0.3, 0.4) is 0 Å². The third-order valence-electron chi connectivity index (χ3n) is 3.41. The molecule has 0 unspecified atom stereocenters. The number of methoxy groups -OCH3 is 1. The Hall–Kier alpha value is -0.270. The van der Waals surface area contributed by atoms with E-state index >= 15 is 0 Å². The number of ether oxygens (including phenoxy) is 1. The maximum atomic E-state index is 9.33. The van der Waals surface area contributed by atoms with Crippen LogP contribution >= 0.6 is 21.6 Å². The third-order valence-corrected chi connectivity index (χ3v) is 6.01. The molecule has 0 atom stereocenters. The number of hydrogen-bond donors (Lipinski definition) is 1. The first-order valence-electron chi connectivity index (χ1n) is 7.89. The lowest BCUT2D eigenvalue weighted by molar-refractivity contribution is 0.180. The lowest BCUT2D eigenvalue weighted by Gasteiger charge is -2.28. The summed E-state index contributed by atoms with van der Waals surface area (Å²) in [6, 6.07) is 4.07. The van der Waals surface area contributed by atoms with Gasteiger partial charge in [-0.25, -0.2) is 0 Å². The summed E-state index contributed by atoms with van der Waals surface area (Å²) >= 11 is 0. The second kappa shape index (κ2) is 10.6. The third kappa shape index (κ3) is 8.40. The second-order valence-corrected chi connectivity index (χ2v) is 9.51. The van der Waals surface area contributed by atoms with Crippen LogP contribution in [0.25, 0.3) is 0 Å². The van der Waals surface area contributed by atoms with Crippen molar-refractivity contribution in [3.8, 4) is 0 Å². The van der Waals surface area contributed by atoms with Crippen LogP contribution in [0, 0.1) is 0 Å². The summed E-state index contributed by atoms with van der Waals surface area (Å²) in [6.07, 6.45) is 4.22. The number of pyridine rings is 1. The van der Waals surface area contributed by atoms with Crippen LogP contribution in [0.5, 0.6) is 0 Å². The first-order chi connectivity index (χ1) is 10.9. The first kappa shape index (κ1) is 20.8. The van der Waals surface area contributed by atoms with Gasteiger partial charge in [-0.2, -0.15) is 0 Å². The van der Waals surface area contributed by atoms with Crippen molar-refractivity contribution in [3.05, 3.63) is 29.1 Å². The van der Waals surface area contributed by atoms with E-state index in [1.807, 2.05) is 27.7 Å². The zero-order valence-corrected chi connectivity index (χ0v) is 16.6. The summed E-state index contributed by atoms with van der Waals surface area (Å²) in [5.41, 5.74) is 2.84. The van der Waals surface area contributed by atoms with E-state index in [2.05, 4.69) is 43.1 Å². The molecule has 0 amide bonds. The van der Waals surface area contributed by atoms with E-state index in [9.17, 15) is 5.11 Å². The fraction of sp³-hybridized carbons (Fsp3) is 0.706. The Bertz CT molecular complexity index is 470. The van der Waals surface area contributed by atoms with Gasteiger partial charge >= 0.3 is 0 Å². The smallest absolute Gasteiger partial charge is 0.0884 e. The van der Waals surface area contributed by atoms with Gasteiger partial charge < -0.3 is 14.7 Å². The van der Waals surface area contributed by atoms with Gasteiger partial charge in [-0.15, -0.1) is 0 Å². The predicted molar refractivity (Wildman–Crippen MR) is 102 cm³/mol. The van der Waals surface area contributed by atoms with Crippen LogP contribution in [0.2, 0.25) is 0 Å². The highest BCUT2D eigenvalue weighted by molar-refractivity contribution is 8.76. The minimum atomic E-state index is -0.0233. The fourth-order valence-corrected chi connectivity index (χ4v) is 4.94. The van der Waals surface area contributed by atoms with Gasteiger partial charge in [0.1, 0.15) is 0 Å². The lowest BCUT2D eigenvalue weighted by atomic mass is 10.1. The van der Waals surface area contributed by atoms with Crippen molar-refractivity contribution in [3.63, 3.8) is 0 Å². The summed E-state index contributed by atoms with van der Waals surface area (Å²) in [6.45, 7) is 7.18. The zero-order valence-electron chi connectivity index (χ0n) is 15.0. The standard InChI is InChI=1S/C17H30N2O2S2/c1-17(2,23-22-5)13-19(3)8-6-7-14-9-15(11-20)18-16(10-14)12-21-4/h9-10,20H,6-8,11-13H2,1-5H3. The quantitative estimate of drug-likeness (QED) is 0.612. The van der Waals surface area contributed by atoms with E-state index in [0.29, 0.717) is 6.61 Å². The monoisotopic (exact) mass is 358 g/mol. The van der Waals surface area contributed by atoms with E-state index in [-0.39, 0.29) is 11.4 Å². The summed E-state index contributed by atoms with van der Waals surface area (Å²) < 4.78 is 5.41. The Morgan fingerprint density at radius 2 is 2.00 bits per heavy atom. The summed E-state index contributed by atoms with van der Waals surface area (Å²) in [4.78, 5) is 6.76. The normalized spacial score (nSPS) is 12.1. The van der Waals surface area contributed by atoms with Crippen LogP contribution in [0.15, 0.2) is 12.1 Å². The maximum absolute atomic E-state index is 9.33. The second-order valence-electron chi connectivity index (χ2n) is 6.40. The van der Waals surface area contributed by atoms with Gasteiger partial charge in [0.25, 0.3) is 0 Å². The minimum absolute atomic E-state index is 0.0233. The highest BCUT2D eigenvalue weighted by Crippen LogP contribution is 2.33. The summed E-state index contributed by atoms with van der Waals surface area (Å²) in [5.74, 6) is 0. The van der Waals surface area contributed by atoms with Crippen molar-refractivity contribution in [2.45, 2.75) is 44.6 Å². The zero-order chi connectivity index (χ0) is 17.3. The minimum Gasteiger partial charge on any atom is -0.390 e. The van der Waals surface area contributed by atoms with Gasteiger partial charge in [-0.1, -0.05) is 21.6 Å². The summed E-state index contributed by atoms with van der Waals surface area (Å²) in [5, 5.41) is 9.33. The molecule has 0 radical (unpaired) electrons. The van der Waals surface area contributed by atoms with Crippen molar-refractivity contribution in [2.24, 2.45) is 0 Å². The van der Waals surface area contributed by atoms with Crippen molar-refractivity contribution in [1.29, 1.82) is 0 Å². The number of nitrogens with zero attached hydrogens (tertiary/aromatic N) is 2. The van der Waals surface area contributed by atoms with Crippen LogP contribution in [0.1, 0.15) is 37.2 Å².